The minimum absolute atomic E-state index is 0.591. The Hall–Kier alpha value is -0.740. The zero-order chi connectivity index (χ0) is 12.6. The molecule has 1 unspecified atom stereocenters. The molecule has 0 radical (unpaired) electrons. The van der Waals surface area contributed by atoms with E-state index in [4.69, 9.17) is 5.73 Å². The van der Waals surface area contributed by atoms with Crippen molar-refractivity contribution in [2.45, 2.75) is 19.9 Å². The average Bonchev–Trinajstić information content (AvgIpc) is 2.27. The van der Waals surface area contributed by atoms with Crippen molar-refractivity contribution in [1.82, 2.24) is 4.90 Å². The first-order valence-corrected chi connectivity index (χ1v) is 6.79. The second-order valence-corrected chi connectivity index (χ2v) is 5.79. The molecule has 1 fully saturated rings. The third kappa shape index (κ3) is 2.58. The Kier molecular flexibility index (Phi) is 3.64. The first kappa shape index (κ1) is 12.7. The molecule has 4 heteroatoms. The van der Waals surface area contributed by atoms with Crippen LogP contribution in [0, 0.1) is 6.92 Å². The lowest BCUT2D eigenvalue weighted by molar-refractivity contribution is 0.234. The Balaban J connectivity index is 2.26. The lowest BCUT2D eigenvalue weighted by Crippen LogP contribution is -2.50. The largest absolute Gasteiger partial charge is 0.398 e. The molecule has 1 atom stereocenters. The van der Waals surface area contributed by atoms with Gasteiger partial charge in [-0.25, -0.2) is 0 Å². The van der Waals surface area contributed by atoms with Crippen molar-refractivity contribution in [3.05, 3.63) is 22.2 Å². The van der Waals surface area contributed by atoms with Gasteiger partial charge >= 0.3 is 0 Å². The number of hydrogen-bond acceptors (Lipinski definition) is 3. The number of rotatable bonds is 1. The monoisotopic (exact) mass is 297 g/mol. The molecular formula is C13H20BrN3. The number of nitrogens with two attached hydrogens (primary N) is 1. The van der Waals surface area contributed by atoms with Crippen LogP contribution in [-0.2, 0) is 0 Å². The lowest BCUT2D eigenvalue weighted by atomic mass is 10.1. The van der Waals surface area contributed by atoms with Crippen LogP contribution < -0.4 is 10.6 Å². The van der Waals surface area contributed by atoms with E-state index in [0.29, 0.717) is 6.04 Å². The highest BCUT2D eigenvalue weighted by molar-refractivity contribution is 9.10. The Labute approximate surface area is 112 Å². The van der Waals surface area contributed by atoms with Gasteiger partial charge in [-0.05, 0) is 54.5 Å². The molecule has 0 saturated carbocycles. The van der Waals surface area contributed by atoms with E-state index >= 15 is 0 Å². The number of benzene rings is 1. The van der Waals surface area contributed by atoms with E-state index in [1.54, 1.807) is 0 Å². The van der Waals surface area contributed by atoms with Crippen LogP contribution in [0.4, 0.5) is 11.4 Å². The maximum Gasteiger partial charge on any atom is 0.0515 e. The summed E-state index contributed by atoms with van der Waals surface area (Å²) in [4.78, 5) is 4.83. The van der Waals surface area contributed by atoms with Crippen LogP contribution in [-0.4, -0.2) is 37.6 Å². The fraction of sp³-hybridized carbons (Fsp3) is 0.538. The Morgan fingerprint density at radius 3 is 2.71 bits per heavy atom. The van der Waals surface area contributed by atoms with Gasteiger partial charge in [-0.1, -0.05) is 0 Å². The summed E-state index contributed by atoms with van der Waals surface area (Å²) < 4.78 is 1.09. The Morgan fingerprint density at radius 2 is 2.06 bits per heavy atom. The summed E-state index contributed by atoms with van der Waals surface area (Å²) in [5.74, 6) is 0. The van der Waals surface area contributed by atoms with E-state index in [0.717, 1.165) is 35.4 Å². The summed E-state index contributed by atoms with van der Waals surface area (Å²) >= 11 is 3.62. The van der Waals surface area contributed by atoms with Crippen LogP contribution in [0.15, 0.2) is 16.6 Å². The van der Waals surface area contributed by atoms with Gasteiger partial charge in [-0.15, -0.1) is 0 Å². The third-order valence-corrected chi connectivity index (χ3v) is 4.27. The van der Waals surface area contributed by atoms with Crippen LogP contribution in [0.2, 0.25) is 0 Å². The van der Waals surface area contributed by atoms with Gasteiger partial charge in [0.2, 0.25) is 0 Å². The smallest absolute Gasteiger partial charge is 0.0515 e. The topological polar surface area (TPSA) is 32.5 Å². The molecule has 17 heavy (non-hydrogen) atoms. The maximum absolute atomic E-state index is 5.91. The molecule has 2 rings (SSSR count). The molecule has 1 aliphatic rings. The molecule has 1 saturated heterocycles. The van der Waals surface area contributed by atoms with Crippen LogP contribution in [0.25, 0.3) is 0 Å². The number of piperazine rings is 1. The van der Waals surface area contributed by atoms with Gasteiger partial charge in [-0.2, -0.15) is 0 Å². The Morgan fingerprint density at radius 1 is 1.35 bits per heavy atom. The molecule has 0 spiro atoms. The molecule has 1 aromatic rings. The number of hydrogen-bond donors (Lipinski definition) is 1. The van der Waals surface area contributed by atoms with Crippen LogP contribution in [0.5, 0.6) is 0 Å². The van der Waals surface area contributed by atoms with Crippen molar-refractivity contribution < 1.29 is 0 Å². The molecule has 0 bridgehead atoms. The van der Waals surface area contributed by atoms with Crippen molar-refractivity contribution in [3.63, 3.8) is 0 Å². The van der Waals surface area contributed by atoms with Crippen molar-refractivity contribution in [1.29, 1.82) is 0 Å². The second kappa shape index (κ2) is 4.86. The van der Waals surface area contributed by atoms with Crippen molar-refractivity contribution >= 4 is 27.3 Å². The number of halogens is 1. The zero-order valence-electron chi connectivity index (χ0n) is 10.7. The summed E-state index contributed by atoms with van der Waals surface area (Å²) in [7, 11) is 2.19. The van der Waals surface area contributed by atoms with Crippen molar-refractivity contribution in [2.24, 2.45) is 0 Å². The van der Waals surface area contributed by atoms with Crippen LogP contribution in [0.3, 0.4) is 0 Å². The molecule has 0 aromatic heterocycles. The zero-order valence-corrected chi connectivity index (χ0v) is 12.3. The molecule has 0 aliphatic carbocycles. The van der Waals surface area contributed by atoms with Gasteiger partial charge in [0, 0.05) is 35.8 Å². The molecule has 0 amide bonds. The van der Waals surface area contributed by atoms with Crippen LogP contribution >= 0.6 is 15.9 Å². The number of anilines is 2. The molecule has 1 heterocycles. The fourth-order valence-corrected chi connectivity index (χ4v) is 2.80. The van der Waals surface area contributed by atoms with Gasteiger partial charge in [-0.3, -0.25) is 0 Å². The fourth-order valence-electron chi connectivity index (χ4n) is 2.19. The minimum atomic E-state index is 0.591. The maximum atomic E-state index is 5.91. The van der Waals surface area contributed by atoms with E-state index in [9.17, 15) is 0 Å². The van der Waals surface area contributed by atoms with E-state index in [1.165, 1.54) is 5.69 Å². The number of aryl methyl sites for hydroxylation is 1. The summed E-state index contributed by atoms with van der Waals surface area (Å²) in [5, 5.41) is 0. The predicted octanol–water partition coefficient (Wildman–Crippen LogP) is 2.48. The van der Waals surface area contributed by atoms with Gasteiger partial charge in [0.1, 0.15) is 0 Å². The van der Waals surface area contributed by atoms with Crippen molar-refractivity contribution in [2.75, 3.05) is 37.3 Å². The molecular weight excluding hydrogens is 278 g/mol. The first-order chi connectivity index (χ1) is 7.99. The lowest BCUT2D eigenvalue weighted by Gasteiger charge is -2.39. The second-order valence-electron chi connectivity index (χ2n) is 4.94. The minimum Gasteiger partial charge on any atom is -0.398 e. The molecule has 94 valence electrons. The summed E-state index contributed by atoms with van der Waals surface area (Å²) in [6.45, 7) is 7.58. The highest BCUT2D eigenvalue weighted by atomic mass is 79.9. The number of likely N-dealkylation sites (N-methyl/N-ethyl adjacent to an activating group) is 1. The van der Waals surface area contributed by atoms with Crippen LogP contribution in [0.1, 0.15) is 12.5 Å². The summed E-state index contributed by atoms with van der Waals surface area (Å²) in [6, 6.07) is 4.78. The molecule has 1 aliphatic heterocycles. The summed E-state index contributed by atoms with van der Waals surface area (Å²) in [6.07, 6.45) is 0. The first-order valence-electron chi connectivity index (χ1n) is 6.00. The predicted molar refractivity (Wildman–Crippen MR) is 77.6 cm³/mol. The standard InChI is InChI=1S/C13H20BrN3/c1-9-6-13(11(14)7-12(9)15)17-5-4-16(3)10(2)8-17/h6-7,10H,4-5,8,15H2,1-3H3. The third-order valence-electron chi connectivity index (χ3n) is 3.64. The highest BCUT2D eigenvalue weighted by Crippen LogP contribution is 2.31. The molecule has 3 nitrogen and oxygen atoms in total. The molecule has 1 aromatic carbocycles. The average molecular weight is 298 g/mol. The van der Waals surface area contributed by atoms with E-state index < -0.39 is 0 Å². The number of nitrogen functional groups attached to an aromatic ring is 1. The SMILES string of the molecule is Cc1cc(N2CCN(C)C(C)C2)c(Br)cc1N. The Bertz CT molecular complexity index is 419. The quantitative estimate of drug-likeness (QED) is 0.809. The molecule has 2 N–H and O–H groups in total. The normalized spacial score (nSPS) is 21.9. The van der Waals surface area contributed by atoms with Gasteiger partial charge < -0.3 is 15.5 Å². The van der Waals surface area contributed by atoms with Gasteiger partial charge in [0.15, 0.2) is 0 Å². The van der Waals surface area contributed by atoms with Crippen molar-refractivity contribution in [3.8, 4) is 0 Å². The number of nitrogens with zero attached hydrogens (tertiary/aromatic N) is 2. The summed E-state index contributed by atoms with van der Waals surface area (Å²) in [5.41, 5.74) is 9.17. The van der Waals surface area contributed by atoms with Gasteiger partial charge in [0.05, 0.1) is 5.69 Å². The van der Waals surface area contributed by atoms with Gasteiger partial charge in [0.25, 0.3) is 0 Å². The van der Waals surface area contributed by atoms with E-state index in [2.05, 4.69) is 52.7 Å². The van der Waals surface area contributed by atoms with E-state index in [-0.39, 0.29) is 0 Å². The highest BCUT2D eigenvalue weighted by Gasteiger charge is 2.22. The van der Waals surface area contributed by atoms with E-state index in [1.807, 2.05) is 6.07 Å².